The maximum absolute atomic E-state index is 11.9. The van der Waals surface area contributed by atoms with Crippen molar-refractivity contribution in [2.45, 2.75) is 26.7 Å². The van der Waals surface area contributed by atoms with Crippen LogP contribution in [0.1, 0.15) is 32.3 Å². The summed E-state index contributed by atoms with van der Waals surface area (Å²) >= 11 is 0. The molecule has 100 valence electrons. The maximum Gasteiger partial charge on any atom is 0.254 e. The lowest BCUT2D eigenvalue weighted by atomic mass is 9.98. The molecule has 0 bridgehead atoms. The van der Waals surface area contributed by atoms with Crippen LogP contribution in [-0.4, -0.2) is 16.6 Å². The molecule has 1 aromatic heterocycles. The lowest BCUT2D eigenvalue weighted by Crippen LogP contribution is -2.16. The van der Waals surface area contributed by atoms with Gasteiger partial charge in [0.1, 0.15) is 5.75 Å². The van der Waals surface area contributed by atoms with Gasteiger partial charge in [0.25, 0.3) is 5.56 Å². The van der Waals surface area contributed by atoms with Gasteiger partial charge in [-0.3, -0.25) is 4.79 Å². The van der Waals surface area contributed by atoms with E-state index in [-0.39, 0.29) is 11.5 Å². The highest BCUT2D eigenvalue weighted by Crippen LogP contribution is 2.26. The molecule has 1 aromatic carbocycles. The van der Waals surface area contributed by atoms with Gasteiger partial charge < -0.3 is 9.72 Å². The molecule has 1 heterocycles. The number of nitrogens with zero attached hydrogens (tertiary/aromatic N) is 1. The van der Waals surface area contributed by atoms with Crippen LogP contribution in [0.25, 0.3) is 11.3 Å². The predicted molar refractivity (Wildman–Crippen MR) is 75.6 cm³/mol. The van der Waals surface area contributed by atoms with Gasteiger partial charge in [-0.25, -0.2) is 4.98 Å². The van der Waals surface area contributed by atoms with Crippen molar-refractivity contribution in [3.8, 4) is 17.0 Å². The van der Waals surface area contributed by atoms with Gasteiger partial charge >= 0.3 is 0 Å². The molecule has 0 fully saturated rings. The minimum absolute atomic E-state index is 0.0817. The summed E-state index contributed by atoms with van der Waals surface area (Å²) in [4.78, 5) is 18.9. The van der Waals surface area contributed by atoms with Crippen LogP contribution in [0.15, 0.2) is 35.4 Å². The fourth-order valence-electron chi connectivity index (χ4n) is 2.08. The minimum atomic E-state index is -0.0817. The van der Waals surface area contributed by atoms with Crippen molar-refractivity contribution in [3.05, 3.63) is 46.5 Å². The number of hydrogen-bond acceptors (Lipinski definition) is 3. The molecule has 0 saturated carbocycles. The Labute approximate surface area is 112 Å². The van der Waals surface area contributed by atoms with Crippen molar-refractivity contribution in [3.63, 3.8) is 0 Å². The molecule has 0 aliphatic rings. The number of benzene rings is 1. The number of aromatic amines is 1. The van der Waals surface area contributed by atoms with Crippen LogP contribution in [0.2, 0.25) is 0 Å². The third kappa shape index (κ3) is 2.84. The summed E-state index contributed by atoms with van der Waals surface area (Å²) in [5, 5.41) is 0. The highest BCUT2D eigenvalue weighted by atomic mass is 16.5. The lowest BCUT2D eigenvalue weighted by Gasteiger charge is -2.11. The third-order valence-corrected chi connectivity index (χ3v) is 2.88. The van der Waals surface area contributed by atoms with Gasteiger partial charge in [0, 0.05) is 11.1 Å². The van der Waals surface area contributed by atoms with E-state index < -0.39 is 0 Å². The van der Waals surface area contributed by atoms with E-state index in [9.17, 15) is 4.79 Å². The van der Waals surface area contributed by atoms with Crippen molar-refractivity contribution in [1.29, 1.82) is 0 Å². The summed E-state index contributed by atoms with van der Waals surface area (Å²) in [5.74, 6) is 0.903. The first-order valence-corrected chi connectivity index (χ1v) is 6.44. The Morgan fingerprint density at radius 2 is 2.16 bits per heavy atom. The average molecular weight is 258 g/mol. The molecule has 2 rings (SSSR count). The SMILES string of the molecule is CCOc1cccc(-c2nc[nH]c(=O)c2C(C)C)c1. The van der Waals surface area contributed by atoms with Crippen molar-refractivity contribution in [2.24, 2.45) is 0 Å². The molecule has 4 nitrogen and oxygen atoms in total. The van der Waals surface area contributed by atoms with Crippen molar-refractivity contribution >= 4 is 0 Å². The Morgan fingerprint density at radius 1 is 1.37 bits per heavy atom. The summed E-state index contributed by atoms with van der Waals surface area (Å²) < 4.78 is 5.48. The van der Waals surface area contributed by atoms with E-state index in [0.717, 1.165) is 17.0 Å². The zero-order valence-electron chi connectivity index (χ0n) is 11.4. The fourth-order valence-corrected chi connectivity index (χ4v) is 2.08. The molecule has 0 unspecified atom stereocenters. The van der Waals surface area contributed by atoms with Gasteiger partial charge in [0.2, 0.25) is 0 Å². The smallest absolute Gasteiger partial charge is 0.254 e. The van der Waals surface area contributed by atoms with Gasteiger partial charge in [0.15, 0.2) is 0 Å². The van der Waals surface area contributed by atoms with Crippen molar-refractivity contribution in [2.75, 3.05) is 6.61 Å². The molecule has 19 heavy (non-hydrogen) atoms. The number of ether oxygens (including phenoxy) is 1. The van der Waals surface area contributed by atoms with E-state index in [4.69, 9.17) is 4.74 Å². The fraction of sp³-hybridized carbons (Fsp3) is 0.333. The zero-order chi connectivity index (χ0) is 13.8. The van der Waals surface area contributed by atoms with Crippen LogP contribution in [0.5, 0.6) is 5.75 Å². The Bertz CT molecular complexity index is 618. The van der Waals surface area contributed by atoms with Gasteiger partial charge in [-0.05, 0) is 25.0 Å². The Kier molecular flexibility index (Phi) is 4.00. The largest absolute Gasteiger partial charge is 0.494 e. The molecular formula is C15H18N2O2. The summed E-state index contributed by atoms with van der Waals surface area (Å²) in [6.07, 6.45) is 1.44. The number of rotatable bonds is 4. The van der Waals surface area contributed by atoms with Crippen molar-refractivity contribution < 1.29 is 4.74 Å². The summed E-state index contributed by atoms with van der Waals surface area (Å²) in [5.41, 5.74) is 2.25. The average Bonchev–Trinajstić information content (AvgIpc) is 2.38. The molecule has 2 aromatic rings. The summed E-state index contributed by atoms with van der Waals surface area (Å²) in [6.45, 7) is 6.53. The first-order chi connectivity index (χ1) is 9.13. The molecule has 0 spiro atoms. The van der Waals surface area contributed by atoms with E-state index in [1.165, 1.54) is 6.33 Å². The van der Waals surface area contributed by atoms with Gasteiger partial charge in [-0.2, -0.15) is 0 Å². The number of H-pyrrole nitrogens is 1. The van der Waals surface area contributed by atoms with Crippen LogP contribution in [0.4, 0.5) is 0 Å². The Morgan fingerprint density at radius 3 is 2.84 bits per heavy atom. The Hall–Kier alpha value is -2.10. The van der Waals surface area contributed by atoms with Crippen LogP contribution >= 0.6 is 0 Å². The minimum Gasteiger partial charge on any atom is -0.494 e. The van der Waals surface area contributed by atoms with E-state index in [2.05, 4.69) is 9.97 Å². The predicted octanol–water partition coefficient (Wildman–Crippen LogP) is 2.96. The second-order valence-electron chi connectivity index (χ2n) is 4.61. The van der Waals surface area contributed by atoms with Crippen LogP contribution < -0.4 is 10.3 Å². The first kappa shape index (κ1) is 13.3. The third-order valence-electron chi connectivity index (χ3n) is 2.88. The second kappa shape index (κ2) is 5.69. The van der Waals surface area contributed by atoms with Gasteiger partial charge in [-0.1, -0.05) is 26.0 Å². The van der Waals surface area contributed by atoms with E-state index in [1.807, 2.05) is 45.0 Å². The highest BCUT2D eigenvalue weighted by molar-refractivity contribution is 5.64. The second-order valence-corrected chi connectivity index (χ2v) is 4.61. The van der Waals surface area contributed by atoms with Crippen LogP contribution in [-0.2, 0) is 0 Å². The summed E-state index contributed by atoms with van der Waals surface area (Å²) in [7, 11) is 0. The molecule has 0 aliphatic heterocycles. The van der Waals surface area contributed by atoms with Crippen LogP contribution in [0, 0.1) is 0 Å². The molecule has 0 saturated heterocycles. The lowest BCUT2D eigenvalue weighted by molar-refractivity contribution is 0.340. The topological polar surface area (TPSA) is 55.0 Å². The van der Waals surface area contributed by atoms with E-state index >= 15 is 0 Å². The molecule has 1 N–H and O–H groups in total. The highest BCUT2D eigenvalue weighted by Gasteiger charge is 2.14. The van der Waals surface area contributed by atoms with E-state index in [1.54, 1.807) is 0 Å². The normalized spacial score (nSPS) is 10.7. The standard InChI is InChI=1S/C15H18N2O2/c1-4-19-12-7-5-6-11(8-12)14-13(10(2)3)15(18)17-9-16-14/h5-10H,4H2,1-3H3,(H,16,17,18). The molecule has 4 heteroatoms. The quantitative estimate of drug-likeness (QED) is 0.917. The first-order valence-electron chi connectivity index (χ1n) is 6.44. The number of nitrogens with one attached hydrogen (secondary N) is 1. The number of aromatic nitrogens is 2. The maximum atomic E-state index is 11.9. The molecule has 0 amide bonds. The molecule has 0 atom stereocenters. The van der Waals surface area contributed by atoms with Crippen molar-refractivity contribution in [1.82, 2.24) is 9.97 Å². The molecular weight excluding hydrogens is 240 g/mol. The monoisotopic (exact) mass is 258 g/mol. The molecule has 0 aliphatic carbocycles. The van der Waals surface area contributed by atoms with E-state index in [0.29, 0.717) is 12.2 Å². The van der Waals surface area contributed by atoms with Crippen LogP contribution in [0.3, 0.4) is 0 Å². The summed E-state index contributed by atoms with van der Waals surface area (Å²) in [6, 6.07) is 7.66. The molecule has 0 radical (unpaired) electrons. The zero-order valence-corrected chi connectivity index (χ0v) is 11.4. The number of hydrogen-bond donors (Lipinski definition) is 1. The van der Waals surface area contributed by atoms with Gasteiger partial charge in [-0.15, -0.1) is 0 Å². The Balaban J connectivity index is 2.55. The van der Waals surface area contributed by atoms with Gasteiger partial charge in [0.05, 0.1) is 18.6 Å².